The summed E-state index contributed by atoms with van der Waals surface area (Å²) in [6.07, 6.45) is 3.12. The van der Waals surface area contributed by atoms with Gasteiger partial charge in [0.05, 0.1) is 6.04 Å². The number of carbonyl (C=O) groups is 2. The van der Waals surface area contributed by atoms with E-state index in [-0.39, 0.29) is 35.4 Å². The molecule has 0 saturated carbocycles. The van der Waals surface area contributed by atoms with Crippen LogP contribution in [0.3, 0.4) is 0 Å². The fourth-order valence-corrected chi connectivity index (χ4v) is 4.29. The standard InChI is InChI=1S/C22H28N4O3/c1-15-12-26(22(28)17-8-10-25(2)11-9-17)13-18(15)24-21(27)19-20(29-14-23-19)16-6-4-3-5-7-16/h3-7,14-15,17-18H,8-13H2,1-2H3,(H,24,27)/t15-,18-/m1/s1. The molecule has 0 spiro atoms. The number of nitrogens with zero attached hydrogens (tertiary/aromatic N) is 3. The molecule has 2 aromatic rings. The third kappa shape index (κ3) is 4.19. The lowest BCUT2D eigenvalue weighted by Crippen LogP contribution is -2.43. The van der Waals surface area contributed by atoms with Gasteiger partial charge in [-0.2, -0.15) is 0 Å². The Hall–Kier alpha value is -2.67. The maximum absolute atomic E-state index is 12.9. The van der Waals surface area contributed by atoms with Crippen LogP contribution in [0.25, 0.3) is 11.3 Å². The molecule has 2 atom stereocenters. The van der Waals surface area contributed by atoms with Crippen molar-refractivity contribution in [2.24, 2.45) is 11.8 Å². The van der Waals surface area contributed by atoms with Gasteiger partial charge in [0.15, 0.2) is 17.8 Å². The third-order valence-corrected chi connectivity index (χ3v) is 6.13. The van der Waals surface area contributed by atoms with E-state index in [0.29, 0.717) is 18.8 Å². The average molecular weight is 396 g/mol. The molecule has 154 valence electrons. The zero-order valence-corrected chi connectivity index (χ0v) is 17.0. The Bertz CT molecular complexity index is 858. The maximum Gasteiger partial charge on any atom is 0.274 e. The zero-order valence-electron chi connectivity index (χ0n) is 17.0. The van der Waals surface area contributed by atoms with E-state index in [1.165, 1.54) is 6.39 Å². The van der Waals surface area contributed by atoms with E-state index >= 15 is 0 Å². The second-order valence-corrected chi connectivity index (χ2v) is 8.27. The first kappa shape index (κ1) is 19.6. The van der Waals surface area contributed by atoms with Crippen molar-refractivity contribution < 1.29 is 14.0 Å². The molecule has 2 aliphatic heterocycles. The third-order valence-electron chi connectivity index (χ3n) is 6.13. The van der Waals surface area contributed by atoms with Crippen molar-refractivity contribution in [3.05, 3.63) is 42.4 Å². The van der Waals surface area contributed by atoms with E-state index < -0.39 is 0 Å². The van der Waals surface area contributed by atoms with Crippen molar-refractivity contribution in [3.63, 3.8) is 0 Å². The van der Waals surface area contributed by atoms with E-state index in [1.54, 1.807) is 0 Å². The number of likely N-dealkylation sites (tertiary alicyclic amines) is 2. The fourth-order valence-electron chi connectivity index (χ4n) is 4.29. The number of hydrogen-bond donors (Lipinski definition) is 1. The van der Waals surface area contributed by atoms with Crippen LogP contribution in [0.2, 0.25) is 0 Å². The highest BCUT2D eigenvalue weighted by Crippen LogP contribution is 2.26. The van der Waals surface area contributed by atoms with Crippen molar-refractivity contribution in [2.45, 2.75) is 25.8 Å². The predicted octanol–water partition coefficient (Wildman–Crippen LogP) is 2.26. The molecular formula is C22H28N4O3. The second-order valence-electron chi connectivity index (χ2n) is 8.27. The van der Waals surface area contributed by atoms with Crippen LogP contribution in [0.1, 0.15) is 30.3 Å². The summed E-state index contributed by atoms with van der Waals surface area (Å²) in [6, 6.07) is 9.39. The van der Waals surface area contributed by atoms with Gasteiger partial charge in [0, 0.05) is 24.6 Å². The SMILES string of the molecule is C[C@@H]1CN(C(=O)C2CCN(C)CC2)C[C@H]1NC(=O)c1ncoc1-c1ccccc1. The zero-order chi connectivity index (χ0) is 20.4. The van der Waals surface area contributed by atoms with Crippen LogP contribution >= 0.6 is 0 Å². The highest BCUT2D eigenvalue weighted by molar-refractivity contribution is 5.97. The normalized spacial score (nSPS) is 23.3. The summed E-state index contributed by atoms with van der Waals surface area (Å²) in [5.41, 5.74) is 1.09. The summed E-state index contributed by atoms with van der Waals surface area (Å²) < 4.78 is 5.47. The van der Waals surface area contributed by atoms with E-state index in [9.17, 15) is 9.59 Å². The van der Waals surface area contributed by atoms with Gasteiger partial charge in [-0.25, -0.2) is 4.98 Å². The second kappa shape index (κ2) is 8.37. The lowest BCUT2D eigenvalue weighted by atomic mass is 9.96. The maximum atomic E-state index is 12.9. The fraction of sp³-hybridized carbons (Fsp3) is 0.500. The van der Waals surface area contributed by atoms with Gasteiger partial charge in [-0.05, 0) is 38.9 Å². The van der Waals surface area contributed by atoms with Gasteiger partial charge in [0.25, 0.3) is 5.91 Å². The lowest BCUT2D eigenvalue weighted by molar-refractivity contribution is -0.136. The van der Waals surface area contributed by atoms with Crippen LogP contribution in [0.15, 0.2) is 41.1 Å². The van der Waals surface area contributed by atoms with Crippen LogP contribution in [0, 0.1) is 11.8 Å². The Morgan fingerprint density at radius 2 is 1.86 bits per heavy atom. The number of oxazole rings is 1. The number of aromatic nitrogens is 1. The molecular weight excluding hydrogens is 368 g/mol. The highest BCUT2D eigenvalue weighted by atomic mass is 16.3. The van der Waals surface area contributed by atoms with Crippen LogP contribution in [0.4, 0.5) is 0 Å². The summed E-state index contributed by atoms with van der Waals surface area (Å²) in [7, 11) is 2.10. The van der Waals surface area contributed by atoms with Crippen molar-refractivity contribution in [1.29, 1.82) is 0 Å². The smallest absolute Gasteiger partial charge is 0.274 e. The first-order valence-corrected chi connectivity index (χ1v) is 10.3. The minimum absolute atomic E-state index is 0.0852. The molecule has 2 fully saturated rings. The van der Waals surface area contributed by atoms with Crippen LogP contribution in [-0.4, -0.2) is 65.9 Å². The molecule has 2 aliphatic rings. The molecule has 29 heavy (non-hydrogen) atoms. The predicted molar refractivity (Wildman–Crippen MR) is 109 cm³/mol. The van der Waals surface area contributed by atoms with E-state index in [2.05, 4.69) is 29.2 Å². The monoisotopic (exact) mass is 396 g/mol. The van der Waals surface area contributed by atoms with Crippen molar-refractivity contribution in [2.75, 3.05) is 33.2 Å². The number of carbonyl (C=O) groups excluding carboxylic acids is 2. The minimum atomic E-state index is -0.261. The molecule has 2 saturated heterocycles. The number of piperidine rings is 1. The molecule has 3 heterocycles. The molecule has 1 aromatic carbocycles. The van der Waals surface area contributed by atoms with E-state index in [1.807, 2.05) is 35.2 Å². The molecule has 7 nitrogen and oxygen atoms in total. The van der Waals surface area contributed by atoms with Gasteiger partial charge in [0.2, 0.25) is 5.91 Å². The van der Waals surface area contributed by atoms with Gasteiger partial charge < -0.3 is 19.5 Å². The topological polar surface area (TPSA) is 78.7 Å². The van der Waals surface area contributed by atoms with Crippen molar-refractivity contribution in [3.8, 4) is 11.3 Å². The van der Waals surface area contributed by atoms with Crippen LogP contribution < -0.4 is 5.32 Å². The van der Waals surface area contributed by atoms with Crippen LogP contribution in [-0.2, 0) is 4.79 Å². The lowest BCUT2D eigenvalue weighted by Gasteiger charge is -2.30. The Morgan fingerprint density at radius 1 is 1.14 bits per heavy atom. The van der Waals surface area contributed by atoms with Gasteiger partial charge in [-0.3, -0.25) is 9.59 Å². The van der Waals surface area contributed by atoms with Crippen LogP contribution in [0.5, 0.6) is 0 Å². The Kier molecular flexibility index (Phi) is 5.67. The first-order valence-electron chi connectivity index (χ1n) is 10.3. The molecule has 4 rings (SSSR count). The number of benzene rings is 1. The Balaban J connectivity index is 1.40. The first-order chi connectivity index (χ1) is 14.0. The van der Waals surface area contributed by atoms with Gasteiger partial charge >= 0.3 is 0 Å². The Labute approximate surface area is 171 Å². The largest absolute Gasteiger partial charge is 0.443 e. The summed E-state index contributed by atoms with van der Waals surface area (Å²) in [5.74, 6) is 0.735. The number of hydrogen-bond acceptors (Lipinski definition) is 5. The summed E-state index contributed by atoms with van der Waals surface area (Å²) in [4.78, 5) is 34.1. The van der Waals surface area contributed by atoms with E-state index in [0.717, 1.165) is 31.5 Å². The Morgan fingerprint density at radius 3 is 2.59 bits per heavy atom. The minimum Gasteiger partial charge on any atom is -0.443 e. The highest BCUT2D eigenvalue weighted by Gasteiger charge is 2.37. The molecule has 0 unspecified atom stereocenters. The van der Waals surface area contributed by atoms with Crippen molar-refractivity contribution >= 4 is 11.8 Å². The van der Waals surface area contributed by atoms with Crippen molar-refractivity contribution in [1.82, 2.24) is 20.1 Å². The van der Waals surface area contributed by atoms with Gasteiger partial charge in [0.1, 0.15) is 0 Å². The quantitative estimate of drug-likeness (QED) is 0.858. The summed E-state index contributed by atoms with van der Waals surface area (Å²) in [5, 5.41) is 3.07. The summed E-state index contributed by atoms with van der Waals surface area (Å²) in [6.45, 7) is 5.24. The molecule has 0 aliphatic carbocycles. The molecule has 7 heteroatoms. The molecule has 1 aromatic heterocycles. The van der Waals surface area contributed by atoms with Gasteiger partial charge in [-0.1, -0.05) is 37.3 Å². The molecule has 1 N–H and O–H groups in total. The van der Waals surface area contributed by atoms with E-state index in [4.69, 9.17) is 4.42 Å². The summed E-state index contributed by atoms with van der Waals surface area (Å²) >= 11 is 0. The molecule has 0 bridgehead atoms. The molecule has 0 radical (unpaired) electrons. The van der Waals surface area contributed by atoms with Gasteiger partial charge in [-0.15, -0.1) is 0 Å². The number of nitrogens with one attached hydrogen (secondary N) is 1. The number of rotatable bonds is 4. The average Bonchev–Trinajstić information content (AvgIpc) is 3.36. The number of amides is 2. The molecule has 2 amide bonds.